The van der Waals surface area contributed by atoms with Crippen LogP contribution in [0.25, 0.3) is 0 Å². The number of nitrogens with one attached hydrogen (secondary N) is 1. The Labute approximate surface area is 210 Å². The van der Waals surface area contributed by atoms with Crippen LogP contribution in [-0.2, 0) is 11.3 Å². The van der Waals surface area contributed by atoms with Crippen LogP contribution in [0.5, 0.6) is 5.75 Å². The monoisotopic (exact) mass is 483 g/mol. The third-order valence-electron chi connectivity index (χ3n) is 6.83. The highest BCUT2D eigenvalue weighted by Crippen LogP contribution is 2.45. The van der Waals surface area contributed by atoms with Crippen molar-refractivity contribution in [3.05, 3.63) is 95.1 Å². The average Bonchev–Trinajstić information content (AvgIpc) is 3.21. The van der Waals surface area contributed by atoms with E-state index in [0.717, 1.165) is 36.1 Å². The molecular formula is C29H29N3O4. The number of fused-ring (bicyclic) bond motifs is 5. The van der Waals surface area contributed by atoms with Crippen molar-refractivity contribution in [2.45, 2.75) is 38.4 Å². The zero-order chi connectivity index (χ0) is 25.1. The van der Waals surface area contributed by atoms with Crippen LogP contribution in [0, 0.1) is 0 Å². The molecule has 2 aliphatic heterocycles. The Morgan fingerprint density at radius 1 is 0.861 bits per heavy atom. The maximum atomic E-state index is 13.4. The maximum Gasteiger partial charge on any atom is 0.260 e. The Bertz CT molecular complexity index is 1290. The molecule has 0 unspecified atom stereocenters. The SMILES string of the molecule is COc1ccc(CNC(=O)CCCCCN2C(=O)c3ccccc3N3C(=O)c4ccccc4[C@H]23)cc1. The quantitative estimate of drug-likeness (QED) is 0.448. The molecule has 3 aromatic rings. The Morgan fingerprint density at radius 2 is 1.58 bits per heavy atom. The van der Waals surface area contributed by atoms with E-state index in [1.165, 1.54) is 0 Å². The predicted molar refractivity (Wildman–Crippen MR) is 137 cm³/mol. The van der Waals surface area contributed by atoms with E-state index in [9.17, 15) is 14.4 Å². The largest absolute Gasteiger partial charge is 0.497 e. The number of anilines is 1. The number of benzene rings is 3. The fourth-order valence-electron chi connectivity index (χ4n) is 4.98. The van der Waals surface area contributed by atoms with Crippen LogP contribution in [-0.4, -0.2) is 36.3 Å². The summed E-state index contributed by atoms with van der Waals surface area (Å²) in [7, 11) is 1.62. The number of ether oxygens (including phenoxy) is 1. The zero-order valence-corrected chi connectivity index (χ0v) is 20.3. The lowest BCUT2D eigenvalue weighted by Crippen LogP contribution is -2.48. The summed E-state index contributed by atoms with van der Waals surface area (Å²) in [5.41, 5.74) is 3.74. The molecule has 184 valence electrons. The molecule has 0 bridgehead atoms. The van der Waals surface area contributed by atoms with Crippen molar-refractivity contribution in [2.24, 2.45) is 0 Å². The molecule has 0 fully saturated rings. The van der Waals surface area contributed by atoms with Gasteiger partial charge in [-0.25, -0.2) is 0 Å². The van der Waals surface area contributed by atoms with Gasteiger partial charge in [0.25, 0.3) is 11.8 Å². The minimum absolute atomic E-state index is 0.00952. The molecule has 1 N–H and O–H groups in total. The van der Waals surface area contributed by atoms with Gasteiger partial charge in [-0.15, -0.1) is 0 Å². The molecule has 2 aliphatic rings. The number of hydrogen-bond acceptors (Lipinski definition) is 4. The summed E-state index contributed by atoms with van der Waals surface area (Å²) >= 11 is 0. The molecule has 5 rings (SSSR count). The number of unbranched alkanes of at least 4 members (excludes halogenated alkanes) is 2. The van der Waals surface area contributed by atoms with E-state index >= 15 is 0 Å². The van der Waals surface area contributed by atoms with E-state index in [1.54, 1.807) is 23.0 Å². The first-order valence-corrected chi connectivity index (χ1v) is 12.3. The minimum Gasteiger partial charge on any atom is -0.497 e. The Kier molecular flexibility index (Phi) is 6.71. The van der Waals surface area contributed by atoms with E-state index in [4.69, 9.17) is 4.74 Å². The lowest BCUT2D eigenvalue weighted by Gasteiger charge is -2.41. The molecule has 0 spiro atoms. The lowest BCUT2D eigenvalue weighted by molar-refractivity contribution is -0.121. The van der Waals surface area contributed by atoms with Crippen molar-refractivity contribution in [2.75, 3.05) is 18.6 Å². The van der Waals surface area contributed by atoms with Gasteiger partial charge >= 0.3 is 0 Å². The fraction of sp³-hybridized carbons (Fsp3) is 0.276. The molecule has 0 saturated carbocycles. The minimum atomic E-state index is -0.427. The van der Waals surface area contributed by atoms with Crippen molar-refractivity contribution >= 4 is 23.4 Å². The van der Waals surface area contributed by atoms with Gasteiger partial charge in [-0.2, -0.15) is 0 Å². The Hall–Kier alpha value is -4.13. The Balaban J connectivity index is 1.17. The van der Waals surface area contributed by atoms with E-state index in [-0.39, 0.29) is 17.7 Å². The highest BCUT2D eigenvalue weighted by Gasteiger charge is 2.47. The van der Waals surface area contributed by atoms with E-state index in [2.05, 4.69) is 5.32 Å². The van der Waals surface area contributed by atoms with Gasteiger partial charge < -0.3 is 15.0 Å². The van der Waals surface area contributed by atoms with E-state index in [0.29, 0.717) is 36.3 Å². The molecule has 3 aromatic carbocycles. The first-order valence-electron chi connectivity index (χ1n) is 12.3. The molecule has 2 heterocycles. The standard InChI is InChI=1S/C29H29N3O4/c1-36-21-16-14-20(15-17-21)19-30-26(33)13-3-2-8-18-31-27-22-9-4-5-10-23(22)29(35)32(27)25-12-7-6-11-24(25)28(31)34/h4-7,9-12,14-17,27H,2-3,8,13,18-19H2,1H3,(H,30,33)/t27-/m1/s1. The third-order valence-corrected chi connectivity index (χ3v) is 6.83. The highest BCUT2D eigenvalue weighted by atomic mass is 16.5. The van der Waals surface area contributed by atoms with Crippen LogP contribution >= 0.6 is 0 Å². The van der Waals surface area contributed by atoms with Gasteiger partial charge in [-0.05, 0) is 48.7 Å². The molecule has 0 radical (unpaired) electrons. The number of hydrogen-bond donors (Lipinski definition) is 1. The summed E-state index contributed by atoms with van der Waals surface area (Å²) in [6, 6.07) is 22.4. The molecule has 36 heavy (non-hydrogen) atoms. The van der Waals surface area contributed by atoms with E-state index in [1.807, 2.05) is 66.7 Å². The predicted octanol–water partition coefficient (Wildman–Crippen LogP) is 4.69. The van der Waals surface area contributed by atoms with Crippen LogP contribution in [0.1, 0.15) is 63.7 Å². The maximum absolute atomic E-state index is 13.4. The highest BCUT2D eigenvalue weighted by molar-refractivity contribution is 6.16. The van der Waals surface area contributed by atoms with Crippen LogP contribution in [0.15, 0.2) is 72.8 Å². The topological polar surface area (TPSA) is 79.0 Å². The number of carbonyl (C=O) groups excluding carboxylic acids is 3. The van der Waals surface area contributed by atoms with Crippen molar-refractivity contribution in [3.8, 4) is 5.75 Å². The van der Waals surface area contributed by atoms with Crippen LogP contribution < -0.4 is 15.0 Å². The second-order valence-electron chi connectivity index (χ2n) is 9.09. The zero-order valence-electron chi connectivity index (χ0n) is 20.3. The number of para-hydroxylation sites is 1. The molecule has 0 aromatic heterocycles. The summed E-state index contributed by atoms with van der Waals surface area (Å²) in [4.78, 5) is 42.5. The first kappa shape index (κ1) is 23.6. The summed E-state index contributed by atoms with van der Waals surface area (Å²) in [6.07, 6.45) is 2.30. The van der Waals surface area contributed by atoms with Gasteiger partial charge in [0.15, 0.2) is 0 Å². The van der Waals surface area contributed by atoms with Gasteiger partial charge in [-0.3, -0.25) is 19.3 Å². The summed E-state index contributed by atoms with van der Waals surface area (Å²) in [6.45, 7) is 0.999. The molecule has 0 saturated heterocycles. The molecule has 3 amide bonds. The van der Waals surface area contributed by atoms with Crippen molar-refractivity contribution in [1.82, 2.24) is 10.2 Å². The first-order chi connectivity index (χ1) is 17.6. The second kappa shape index (κ2) is 10.2. The number of rotatable bonds is 9. The number of amides is 3. The second-order valence-corrected chi connectivity index (χ2v) is 9.09. The summed E-state index contributed by atoms with van der Waals surface area (Å²) < 4.78 is 5.15. The van der Waals surface area contributed by atoms with Crippen molar-refractivity contribution in [1.29, 1.82) is 0 Å². The number of carbonyl (C=O) groups is 3. The summed E-state index contributed by atoms with van der Waals surface area (Å²) in [5, 5.41) is 2.95. The average molecular weight is 484 g/mol. The molecular weight excluding hydrogens is 454 g/mol. The van der Waals surface area contributed by atoms with Gasteiger partial charge in [0.05, 0.1) is 18.4 Å². The number of methoxy groups -OCH3 is 1. The third kappa shape index (κ3) is 4.44. The number of nitrogens with zero attached hydrogens (tertiary/aromatic N) is 2. The van der Waals surface area contributed by atoms with Crippen molar-refractivity contribution in [3.63, 3.8) is 0 Å². The van der Waals surface area contributed by atoms with E-state index < -0.39 is 6.17 Å². The van der Waals surface area contributed by atoms with Gasteiger partial charge in [0, 0.05) is 30.6 Å². The molecule has 1 atom stereocenters. The smallest absolute Gasteiger partial charge is 0.260 e. The van der Waals surface area contributed by atoms with Gasteiger partial charge in [-0.1, -0.05) is 48.9 Å². The van der Waals surface area contributed by atoms with Crippen LogP contribution in [0.3, 0.4) is 0 Å². The van der Waals surface area contributed by atoms with Crippen molar-refractivity contribution < 1.29 is 19.1 Å². The Morgan fingerprint density at radius 3 is 2.36 bits per heavy atom. The van der Waals surface area contributed by atoms with Gasteiger partial charge in [0.2, 0.25) is 5.91 Å². The molecule has 7 heteroatoms. The molecule has 0 aliphatic carbocycles. The van der Waals surface area contributed by atoms with Gasteiger partial charge in [0.1, 0.15) is 11.9 Å². The molecule has 7 nitrogen and oxygen atoms in total. The van der Waals surface area contributed by atoms with Crippen LogP contribution in [0.2, 0.25) is 0 Å². The van der Waals surface area contributed by atoms with Crippen LogP contribution in [0.4, 0.5) is 5.69 Å². The lowest BCUT2D eigenvalue weighted by atomic mass is 10.0. The fourth-order valence-corrected chi connectivity index (χ4v) is 4.98. The normalized spacial score (nSPS) is 15.9. The summed E-state index contributed by atoms with van der Waals surface area (Å²) in [5.74, 6) is 0.660.